The fourth-order valence-electron chi connectivity index (χ4n) is 2.84. The number of carbonyl (C=O) groups excluding carboxylic acids is 1. The number of rotatable bonds is 5. The second-order valence-electron chi connectivity index (χ2n) is 6.32. The number of para-hydroxylation sites is 1. The van der Waals surface area contributed by atoms with E-state index in [0.717, 1.165) is 5.56 Å². The number of Topliss-reactive ketones (excluding diaryl/α,β-unsaturated/α-hetero) is 1. The maximum atomic E-state index is 13.1. The third-order valence-corrected chi connectivity index (χ3v) is 5.24. The maximum Gasteiger partial charge on any atom is 0.267 e. The van der Waals surface area contributed by atoms with Gasteiger partial charge < -0.3 is 0 Å². The van der Waals surface area contributed by atoms with E-state index in [1.807, 2.05) is 43.3 Å². The molecule has 0 bridgehead atoms. The Morgan fingerprint density at radius 2 is 1.75 bits per heavy atom. The van der Waals surface area contributed by atoms with E-state index < -0.39 is 0 Å². The number of aromatic nitrogens is 3. The van der Waals surface area contributed by atoms with Crippen molar-refractivity contribution in [3.05, 3.63) is 94.4 Å². The van der Waals surface area contributed by atoms with Gasteiger partial charge in [-0.3, -0.25) is 9.59 Å². The second kappa shape index (κ2) is 7.78. The van der Waals surface area contributed by atoms with Crippen LogP contribution in [0.1, 0.15) is 15.9 Å². The fraction of sp³-hybridized carbons (Fsp3) is 0.0909. The number of carbonyl (C=O) groups is 1. The molecule has 0 unspecified atom stereocenters. The fourth-order valence-corrected chi connectivity index (χ4v) is 3.74. The van der Waals surface area contributed by atoms with Gasteiger partial charge in [-0.15, -0.1) is 0 Å². The Labute approximate surface area is 166 Å². The van der Waals surface area contributed by atoms with Crippen molar-refractivity contribution in [2.45, 2.75) is 12.1 Å². The van der Waals surface area contributed by atoms with Crippen molar-refractivity contribution in [1.82, 2.24) is 14.5 Å². The molecule has 4 aromatic rings. The van der Waals surface area contributed by atoms with Crippen LogP contribution in [-0.4, -0.2) is 26.1 Å². The minimum absolute atomic E-state index is 0.0172. The second-order valence-corrected chi connectivity index (χ2v) is 7.27. The first-order chi connectivity index (χ1) is 13.6. The van der Waals surface area contributed by atoms with Gasteiger partial charge >= 0.3 is 0 Å². The van der Waals surface area contributed by atoms with Crippen molar-refractivity contribution in [2.75, 3.05) is 5.75 Å². The molecular weight excluding hydrogens is 370 g/mol. The molecule has 28 heavy (non-hydrogen) atoms. The van der Waals surface area contributed by atoms with Crippen molar-refractivity contribution in [1.29, 1.82) is 0 Å². The SMILES string of the molecule is Cc1ccc(-n2c(SCC(=O)c3ccccc3)nc3ccccc3c2=O)nc1. The monoisotopic (exact) mass is 387 g/mol. The summed E-state index contributed by atoms with van der Waals surface area (Å²) in [7, 11) is 0. The van der Waals surface area contributed by atoms with E-state index in [4.69, 9.17) is 0 Å². The van der Waals surface area contributed by atoms with Gasteiger partial charge in [0, 0.05) is 11.8 Å². The molecule has 0 fully saturated rings. The van der Waals surface area contributed by atoms with Crippen molar-refractivity contribution >= 4 is 28.4 Å². The molecule has 2 aromatic heterocycles. The first kappa shape index (κ1) is 18.1. The minimum atomic E-state index is -0.198. The number of benzene rings is 2. The number of hydrogen-bond acceptors (Lipinski definition) is 5. The van der Waals surface area contributed by atoms with Crippen molar-refractivity contribution in [3.63, 3.8) is 0 Å². The number of fused-ring (bicyclic) bond motifs is 1. The summed E-state index contributed by atoms with van der Waals surface area (Å²) in [6, 6.07) is 20.0. The Kier molecular flexibility index (Phi) is 5.04. The van der Waals surface area contributed by atoms with Crippen LogP contribution in [0.3, 0.4) is 0 Å². The summed E-state index contributed by atoms with van der Waals surface area (Å²) in [5, 5.41) is 0.966. The molecule has 6 heteroatoms. The number of pyridine rings is 1. The Balaban J connectivity index is 1.77. The largest absolute Gasteiger partial charge is 0.293 e. The van der Waals surface area contributed by atoms with Crippen molar-refractivity contribution in [2.24, 2.45) is 0 Å². The lowest BCUT2D eigenvalue weighted by Gasteiger charge is -2.12. The van der Waals surface area contributed by atoms with Gasteiger partial charge in [0.2, 0.25) is 0 Å². The maximum absolute atomic E-state index is 13.1. The van der Waals surface area contributed by atoms with Gasteiger partial charge in [0.05, 0.1) is 16.7 Å². The minimum Gasteiger partial charge on any atom is -0.293 e. The molecular formula is C22H17N3O2S. The van der Waals surface area contributed by atoms with Gasteiger partial charge in [-0.05, 0) is 30.7 Å². The Hall–Kier alpha value is -3.25. The molecule has 2 aromatic carbocycles. The predicted molar refractivity (Wildman–Crippen MR) is 111 cm³/mol. The van der Waals surface area contributed by atoms with Gasteiger partial charge in [0.25, 0.3) is 5.56 Å². The summed E-state index contributed by atoms with van der Waals surface area (Å²) in [4.78, 5) is 34.7. The lowest BCUT2D eigenvalue weighted by Crippen LogP contribution is -2.23. The van der Waals surface area contributed by atoms with Crippen LogP contribution in [0, 0.1) is 6.92 Å². The molecule has 5 nitrogen and oxygen atoms in total. The van der Waals surface area contributed by atoms with Gasteiger partial charge in [-0.25, -0.2) is 14.5 Å². The van der Waals surface area contributed by atoms with Crippen molar-refractivity contribution in [3.8, 4) is 5.82 Å². The quantitative estimate of drug-likeness (QED) is 0.293. The highest BCUT2D eigenvalue weighted by Gasteiger charge is 2.16. The van der Waals surface area contributed by atoms with Crippen molar-refractivity contribution < 1.29 is 4.79 Å². The molecule has 0 radical (unpaired) electrons. The first-order valence-electron chi connectivity index (χ1n) is 8.79. The zero-order valence-corrected chi connectivity index (χ0v) is 16.0. The average molecular weight is 387 g/mol. The van der Waals surface area contributed by atoms with E-state index in [-0.39, 0.29) is 17.1 Å². The number of nitrogens with zero attached hydrogens (tertiary/aromatic N) is 3. The van der Waals surface area contributed by atoms with Crippen LogP contribution in [0.2, 0.25) is 0 Å². The highest BCUT2D eigenvalue weighted by atomic mass is 32.2. The van der Waals surface area contributed by atoms with Gasteiger partial charge in [0.15, 0.2) is 10.9 Å². The summed E-state index contributed by atoms with van der Waals surface area (Å²) >= 11 is 1.24. The predicted octanol–water partition coefficient (Wildman–Crippen LogP) is 4.06. The highest BCUT2D eigenvalue weighted by Crippen LogP contribution is 2.21. The average Bonchev–Trinajstić information content (AvgIpc) is 2.74. The molecule has 0 aliphatic carbocycles. The van der Waals surface area contributed by atoms with Crippen LogP contribution in [0.5, 0.6) is 0 Å². The molecule has 138 valence electrons. The molecule has 0 spiro atoms. The van der Waals surface area contributed by atoms with Crippen LogP contribution >= 0.6 is 11.8 Å². The number of thioether (sulfide) groups is 1. The zero-order valence-electron chi connectivity index (χ0n) is 15.2. The van der Waals surface area contributed by atoms with Crippen LogP contribution in [0.15, 0.2) is 82.9 Å². The third kappa shape index (κ3) is 3.59. The zero-order chi connectivity index (χ0) is 19.5. The first-order valence-corrected chi connectivity index (χ1v) is 9.78. The normalized spacial score (nSPS) is 10.9. The van der Waals surface area contributed by atoms with Crippen LogP contribution in [-0.2, 0) is 0 Å². The smallest absolute Gasteiger partial charge is 0.267 e. The molecule has 0 saturated carbocycles. The number of hydrogen-bond donors (Lipinski definition) is 0. The molecule has 0 N–H and O–H groups in total. The number of aryl methyl sites for hydroxylation is 1. The topological polar surface area (TPSA) is 64.8 Å². The summed E-state index contributed by atoms with van der Waals surface area (Å²) in [6.45, 7) is 1.94. The number of ketones is 1. The van der Waals surface area contributed by atoms with Gasteiger partial charge in [-0.1, -0.05) is 60.3 Å². The lowest BCUT2D eigenvalue weighted by atomic mass is 10.2. The highest BCUT2D eigenvalue weighted by molar-refractivity contribution is 7.99. The van der Waals surface area contributed by atoms with E-state index in [2.05, 4.69) is 9.97 Å². The van der Waals surface area contributed by atoms with E-state index in [1.54, 1.807) is 36.5 Å². The standard InChI is InChI=1S/C22H17N3O2S/c1-15-11-12-20(23-13-15)25-21(27)17-9-5-6-10-18(17)24-22(25)28-14-19(26)16-7-3-2-4-8-16/h2-13H,14H2,1H3. The van der Waals surface area contributed by atoms with Gasteiger partial charge in [0.1, 0.15) is 5.82 Å². The Morgan fingerprint density at radius 1 is 1.00 bits per heavy atom. The lowest BCUT2D eigenvalue weighted by molar-refractivity contribution is 0.102. The van der Waals surface area contributed by atoms with Crippen LogP contribution in [0.25, 0.3) is 16.7 Å². The van der Waals surface area contributed by atoms with Gasteiger partial charge in [-0.2, -0.15) is 0 Å². The summed E-state index contributed by atoms with van der Waals surface area (Å²) in [5.74, 6) is 0.653. The summed E-state index contributed by atoms with van der Waals surface area (Å²) in [6.07, 6.45) is 1.71. The van der Waals surface area contributed by atoms with Crippen LogP contribution in [0.4, 0.5) is 0 Å². The third-order valence-electron chi connectivity index (χ3n) is 4.30. The Bertz CT molecular complexity index is 1200. The molecule has 2 heterocycles. The Morgan fingerprint density at radius 3 is 2.50 bits per heavy atom. The summed E-state index contributed by atoms with van der Waals surface area (Å²) < 4.78 is 1.48. The molecule has 0 saturated heterocycles. The van der Waals surface area contributed by atoms with E-state index >= 15 is 0 Å². The molecule has 0 aliphatic heterocycles. The van der Waals surface area contributed by atoms with Crippen LogP contribution < -0.4 is 5.56 Å². The molecule has 0 aliphatic rings. The molecule has 0 amide bonds. The molecule has 4 rings (SSSR count). The van der Waals surface area contributed by atoms with E-state index in [1.165, 1.54) is 16.3 Å². The summed E-state index contributed by atoms with van der Waals surface area (Å²) in [5.41, 5.74) is 2.04. The van der Waals surface area contributed by atoms with E-state index in [0.29, 0.717) is 27.4 Å². The molecule has 0 atom stereocenters. The van der Waals surface area contributed by atoms with E-state index in [9.17, 15) is 9.59 Å².